The summed E-state index contributed by atoms with van der Waals surface area (Å²) < 4.78 is 19.3. The van der Waals surface area contributed by atoms with E-state index in [-0.39, 0.29) is 0 Å². The number of aliphatic hydroxyl groups is 2. The first-order chi connectivity index (χ1) is 9.86. The molecule has 3 N–H and O–H groups in total. The van der Waals surface area contributed by atoms with E-state index in [1.54, 1.807) is 6.07 Å². The number of aliphatic hydroxyl groups excluding tert-OH is 2. The van der Waals surface area contributed by atoms with Crippen molar-refractivity contribution in [3.8, 4) is 6.07 Å². The van der Waals surface area contributed by atoms with Gasteiger partial charge >= 0.3 is 5.69 Å². The lowest BCUT2D eigenvalue weighted by Crippen LogP contribution is -2.50. The second kappa shape index (κ2) is 5.07. The van der Waals surface area contributed by atoms with E-state index in [0.29, 0.717) is 4.57 Å². The molecule has 0 saturated carbocycles. The van der Waals surface area contributed by atoms with Crippen molar-refractivity contribution in [2.45, 2.75) is 24.4 Å². The number of halogens is 1. The van der Waals surface area contributed by atoms with Crippen LogP contribution >= 0.6 is 0 Å². The molecule has 4 atom stereocenters. The van der Waals surface area contributed by atoms with Crippen LogP contribution in [0.4, 0.5) is 4.39 Å². The van der Waals surface area contributed by atoms with Crippen molar-refractivity contribution in [3.63, 3.8) is 0 Å². The molecule has 114 valence electrons. The third-order valence-electron chi connectivity index (χ3n) is 3.90. The molecule has 1 aliphatic heterocycles. The second-order valence-corrected chi connectivity index (χ2v) is 4.98. The monoisotopic (exact) mass is 299 g/mol. The zero-order valence-electron chi connectivity index (χ0n) is 11.1. The van der Waals surface area contributed by atoms with Crippen molar-refractivity contribution in [3.05, 3.63) is 33.1 Å². The molecule has 2 rings (SSSR count). The van der Waals surface area contributed by atoms with Gasteiger partial charge in [-0.1, -0.05) is 6.92 Å². The summed E-state index contributed by atoms with van der Waals surface area (Å²) in [5.41, 5.74) is -5.70. The Morgan fingerprint density at radius 3 is 2.71 bits per heavy atom. The molecular formula is C12H14FN3O5. The highest BCUT2D eigenvalue weighted by Crippen LogP contribution is 2.44. The Kier molecular flexibility index (Phi) is 3.71. The number of nitriles is 1. The fraction of sp³-hybridized carbons (Fsp3) is 0.583. The molecule has 1 aromatic rings. The van der Waals surface area contributed by atoms with Gasteiger partial charge in [0.2, 0.25) is 0 Å². The Bertz CT molecular complexity index is 689. The van der Waals surface area contributed by atoms with E-state index in [9.17, 15) is 29.5 Å². The molecule has 21 heavy (non-hydrogen) atoms. The van der Waals surface area contributed by atoms with Crippen LogP contribution < -0.4 is 11.2 Å². The number of hydrogen-bond acceptors (Lipinski definition) is 6. The summed E-state index contributed by atoms with van der Waals surface area (Å²) in [6.45, 7) is -0.525. The molecule has 0 spiro atoms. The molecule has 0 bridgehead atoms. The Hall–Kier alpha value is -2.02. The number of ether oxygens (including phenoxy) is 1. The molecule has 0 aromatic carbocycles. The van der Waals surface area contributed by atoms with Crippen molar-refractivity contribution < 1.29 is 19.3 Å². The predicted octanol–water partition coefficient (Wildman–Crippen LogP) is -1.56. The molecular weight excluding hydrogens is 285 g/mol. The zero-order chi connectivity index (χ0) is 15.8. The molecule has 1 saturated heterocycles. The van der Waals surface area contributed by atoms with Gasteiger partial charge in [0.15, 0.2) is 0 Å². The molecule has 1 aromatic heterocycles. The van der Waals surface area contributed by atoms with Crippen molar-refractivity contribution in [1.29, 1.82) is 5.26 Å². The van der Waals surface area contributed by atoms with E-state index in [1.165, 1.54) is 6.92 Å². The van der Waals surface area contributed by atoms with Crippen LogP contribution in [0.5, 0.6) is 0 Å². The summed E-state index contributed by atoms with van der Waals surface area (Å²) in [5, 5.41) is 29.0. The molecule has 8 nitrogen and oxygen atoms in total. The van der Waals surface area contributed by atoms with Crippen LogP contribution in [0.2, 0.25) is 0 Å². The first-order valence-electron chi connectivity index (χ1n) is 6.15. The van der Waals surface area contributed by atoms with Crippen LogP contribution in [0.3, 0.4) is 0 Å². The Morgan fingerprint density at radius 2 is 2.29 bits per heavy atom. The lowest BCUT2D eigenvalue weighted by Gasteiger charge is -2.29. The van der Waals surface area contributed by atoms with Crippen LogP contribution in [0.25, 0.3) is 0 Å². The fourth-order valence-electron chi connectivity index (χ4n) is 2.47. The standard InChI is InChI=1S/C12H14FN3O5/c1-7-9(19)12(5-14,21-11(7,4-13)6-17)16-3-2-8(18)15-10(16)20/h2-3,7,9,17,19H,4,6H2,1H3,(H,15,18,20)/t7-,9+,11+,12+/m0/s1. The maximum atomic E-state index is 13.3. The van der Waals surface area contributed by atoms with Gasteiger partial charge in [-0.2, -0.15) is 5.26 Å². The van der Waals surface area contributed by atoms with Crippen LogP contribution in [0.1, 0.15) is 6.92 Å². The molecule has 2 heterocycles. The third kappa shape index (κ3) is 1.99. The van der Waals surface area contributed by atoms with E-state index in [0.717, 1.165) is 12.3 Å². The number of alkyl halides is 1. The lowest BCUT2D eigenvalue weighted by atomic mass is 9.86. The molecule has 0 radical (unpaired) electrons. The average molecular weight is 299 g/mol. The minimum atomic E-state index is -2.23. The fourth-order valence-corrected chi connectivity index (χ4v) is 2.47. The normalized spacial score (nSPS) is 35.6. The van der Waals surface area contributed by atoms with Crippen molar-refractivity contribution >= 4 is 0 Å². The second-order valence-electron chi connectivity index (χ2n) is 4.98. The van der Waals surface area contributed by atoms with Gasteiger partial charge < -0.3 is 14.9 Å². The number of nitrogens with one attached hydrogen (secondary N) is 1. The molecule has 9 heteroatoms. The summed E-state index contributed by atoms with van der Waals surface area (Å²) in [5.74, 6) is -0.953. The molecule has 0 aliphatic carbocycles. The van der Waals surface area contributed by atoms with Crippen molar-refractivity contribution in [2.75, 3.05) is 13.3 Å². The highest BCUT2D eigenvalue weighted by Gasteiger charge is 2.62. The number of nitrogens with zero attached hydrogens (tertiary/aromatic N) is 2. The van der Waals surface area contributed by atoms with Crippen LogP contribution in [0, 0.1) is 17.2 Å². The van der Waals surface area contributed by atoms with E-state index >= 15 is 0 Å². The van der Waals surface area contributed by atoms with E-state index < -0.39 is 47.9 Å². The predicted molar refractivity (Wildman–Crippen MR) is 67.0 cm³/mol. The summed E-state index contributed by atoms with van der Waals surface area (Å²) in [7, 11) is 0. The number of H-pyrrole nitrogens is 1. The number of aromatic amines is 1. The number of aromatic nitrogens is 2. The highest BCUT2D eigenvalue weighted by atomic mass is 19.1. The van der Waals surface area contributed by atoms with Gasteiger partial charge in [0.05, 0.1) is 6.61 Å². The Labute approximate surface area is 118 Å². The van der Waals surface area contributed by atoms with Gasteiger partial charge in [0.1, 0.15) is 24.4 Å². The maximum absolute atomic E-state index is 13.3. The SMILES string of the molecule is C[C@H]1[C@@H](O)[C@](C#N)(n2ccc(=O)[nH]c2=O)O[C@@]1(CO)CF. The maximum Gasteiger partial charge on any atom is 0.331 e. The highest BCUT2D eigenvalue weighted by molar-refractivity contribution is 5.15. The summed E-state index contributed by atoms with van der Waals surface area (Å²) in [6.07, 6.45) is -0.597. The van der Waals surface area contributed by atoms with Gasteiger partial charge in [-0.3, -0.25) is 14.3 Å². The number of rotatable bonds is 3. The largest absolute Gasteiger partial charge is 0.393 e. The van der Waals surface area contributed by atoms with Crippen LogP contribution in [-0.4, -0.2) is 44.8 Å². The van der Waals surface area contributed by atoms with Gasteiger partial charge in [0, 0.05) is 18.2 Å². The average Bonchev–Trinajstić information content (AvgIpc) is 2.70. The van der Waals surface area contributed by atoms with E-state index in [4.69, 9.17) is 4.74 Å². The first kappa shape index (κ1) is 15.4. The molecule has 1 fully saturated rings. The lowest BCUT2D eigenvalue weighted by molar-refractivity contribution is -0.163. The van der Waals surface area contributed by atoms with E-state index in [1.807, 2.05) is 4.98 Å². The third-order valence-corrected chi connectivity index (χ3v) is 3.90. The van der Waals surface area contributed by atoms with Crippen molar-refractivity contribution in [2.24, 2.45) is 5.92 Å². The summed E-state index contributed by atoms with van der Waals surface area (Å²) in [4.78, 5) is 24.8. The van der Waals surface area contributed by atoms with Gasteiger partial charge in [0.25, 0.3) is 11.3 Å². The summed E-state index contributed by atoms with van der Waals surface area (Å²) >= 11 is 0. The smallest absolute Gasteiger partial charge is 0.331 e. The number of hydrogen-bond donors (Lipinski definition) is 3. The topological polar surface area (TPSA) is 128 Å². The van der Waals surface area contributed by atoms with Crippen molar-refractivity contribution in [1.82, 2.24) is 9.55 Å². The first-order valence-corrected chi connectivity index (χ1v) is 6.15. The Morgan fingerprint density at radius 1 is 1.62 bits per heavy atom. The van der Waals surface area contributed by atoms with Gasteiger partial charge in [-0.05, 0) is 0 Å². The Balaban J connectivity index is 2.66. The minimum Gasteiger partial charge on any atom is -0.393 e. The van der Waals surface area contributed by atoms with E-state index in [2.05, 4.69) is 0 Å². The minimum absolute atomic E-state index is 0.683. The van der Waals surface area contributed by atoms with Gasteiger partial charge in [-0.15, -0.1) is 0 Å². The van der Waals surface area contributed by atoms with Crippen LogP contribution in [-0.2, 0) is 10.5 Å². The molecule has 0 unspecified atom stereocenters. The zero-order valence-corrected chi connectivity index (χ0v) is 11.1. The summed E-state index contributed by atoms with van der Waals surface area (Å²) in [6, 6.07) is 2.62. The molecule has 1 aliphatic rings. The quantitative estimate of drug-likeness (QED) is 0.619. The molecule has 0 amide bonds. The van der Waals surface area contributed by atoms with Crippen LogP contribution in [0.15, 0.2) is 21.9 Å². The van der Waals surface area contributed by atoms with Gasteiger partial charge in [-0.25, -0.2) is 9.18 Å².